The predicted molar refractivity (Wildman–Crippen MR) is 83.0 cm³/mol. The maximum atomic E-state index is 11.2. The third-order valence-corrected chi connectivity index (χ3v) is 3.47. The van der Waals surface area contributed by atoms with Crippen molar-refractivity contribution < 1.29 is 4.92 Å². The number of para-hydroxylation sites is 1. The van der Waals surface area contributed by atoms with Gasteiger partial charge in [-0.25, -0.2) is 0 Å². The number of hydrogen-bond acceptors (Lipinski definition) is 4. The minimum atomic E-state index is -0.372. The zero-order chi connectivity index (χ0) is 15.4. The molecular weight excluding hydrogens is 292 g/mol. The molecule has 0 radical (unpaired) electrons. The lowest BCUT2D eigenvalue weighted by molar-refractivity contribution is -0.384. The Balaban J connectivity index is 2.37. The van der Waals surface area contributed by atoms with E-state index in [0.717, 1.165) is 17.7 Å². The Kier molecular flexibility index (Phi) is 4.80. The first-order valence-electron chi connectivity index (χ1n) is 6.72. The molecule has 2 aromatic rings. The van der Waals surface area contributed by atoms with Crippen LogP contribution in [0.1, 0.15) is 24.6 Å². The molecule has 6 nitrogen and oxygen atoms in total. The van der Waals surface area contributed by atoms with E-state index in [2.05, 4.69) is 10.4 Å². The van der Waals surface area contributed by atoms with Gasteiger partial charge in [0.2, 0.25) is 0 Å². The molecule has 0 aliphatic heterocycles. The van der Waals surface area contributed by atoms with Crippen molar-refractivity contribution in [2.24, 2.45) is 0 Å². The molecular formula is C14H17ClN4O2. The highest BCUT2D eigenvalue weighted by Crippen LogP contribution is 2.29. The lowest BCUT2D eigenvalue weighted by Gasteiger charge is -2.12. The normalized spacial score (nSPS) is 10.6. The minimum absolute atomic E-state index is 0.0796. The Morgan fingerprint density at radius 3 is 2.81 bits per heavy atom. The van der Waals surface area contributed by atoms with Crippen LogP contribution in [0.5, 0.6) is 0 Å². The highest BCUT2D eigenvalue weighted by molar-refractivity contribution is 6.31. The monoisotopic (exact) mass is 308 g/mol. The second-order valence-corrected chi connectivity index (χ2v) is 5.16. The highest BCUT2D eigenvalue weighted by atomic mass is 35.5. The van der Waals surface area contributed by atoms with Crippen LogP contribution in [0, 0.1) is 17.0 Å². The van der Waals surface area contributed by atoms with Gasteiger partial charge in [0.15, 0.2) is 0 Å². The number of anilines is 1. The van der Waals surface area contributed by atoms with Crippen molar-refractivity contribution in [2.45, 2.75) is 26.8 Å². The zero-order valence-electron chi connectivity index (χ0n) is 12.0. The van der Waals surface area contributed by atoms with Gasteiger partial charge in [-0.15, -0.1) is 0 Å². The smallest absolute Gasteiger partial charge is 0.292 e. The van der Waals surface area contributed by atoms with E-state index >= 15 is 0 Å². The Bertz CT molecular complexity index is 635. The summed E-state index contributed by atoms with van der Waals surface area (Å²) in [6, 6.07) is 5.04. The number of nitrogens with zero attached hydrogens (tertiary/aromatic N) is 3. The van der Waals surface area contributed by atoms with Crippen LogP contribution in [-0.4, -0.2) is 21.2 Å². The molecule has 1 aromatic carbocycles. The summed E-state index contributed by atoms with van der Waals surface area (Å²) in [5.41, 5.74) is 2.19. The third-order valence-electron chi connectivity index (χ3n) is 3.10. The molecule has 0 aliphatic rings. The molecule has 21 heavy (non-hydrogen) atoms. The van der Waals surface area contributed by atoms with Crippen molar-refractivity contribution in [2.75, 3.05) is 11.9 Å². The fourth-order valence-corrected chi connectivity index (χ4v) is 2.22. The van der Waals surface area contributed by atoms with Gasteiger partial charge in [0.1, 0.15) is 5.69 Å². The Morgan fingerprint density at radius 1 is 1.48 bits per heavy atom. The maximum Gasteiger partial charge on any atom is 0.292 e. The minimum Gasteiger partial charge on any atom is -0.379 e. The van der Waals surface area contributed by atoms with E-state index in [9.17, 15) is 10.1 Å². The first-order chi connectivity index (χ1) is 10.0. The van der Waals surface area contributed by atoms with Crippen LogP contribution in [-0.2, 0) is 6.54 Å². The van der Waals surface area contributed by atoms with Crippen LogP contribution in [0.3, 0.4) is 0 Å². The molecule has 0 saturated carbocycles. The number of hydrogen-bond donors (Lipinski definition) is 1. The molecule has 2 rings (SSSR count). The number of aromatic nitrogens is 2. The molecule has 1 heterocycles. The van der Waals surface area contributed by atoms with E-state index in [0.29, 0.717) is 23.8 Å². The van der Waals surface area contributed by atoms with Crippen LogP contribution in [0.15, 0.2) is 24.4 Å². The molecule has 0 amide bonds. The lowest BCUT2D eigenvalue weighted by Crippen LogP contribution is -2.09. The van der Waals surface area contributed by atoms with Crippen molar-refractivity contribution in [1.82, 2.24) is 9.78 Å². The van der Waals surface area contributed by atoms with E-state index in [1.165, 1.54) is 6.07 Å². The fourth-order valence-electron chi connectivity index (χ4n) is 2.07. The quantitative estimate of drug-likeness (QED) is 0.653. The molecule has 0 spiro atoms. The number of halogens is 1. The largest absolute Gasteiger partial charge is 0.379 e. The first kappa shape index (κ1) is 15.3. The molecule has 0 unspecified atom stereocenters. The van der Waals surface area contributed by atoms with E-state index in [1.807, 2.05) is 19.9 Å². The number of nitrogens with one attached hydrogen (secondary N) is 1. The summed E-state index contributed by atoms with van der Waals surface area (Å²) < 4.78 is 1.69. The van der Waals surface area contributed by atoms with Crippen molar-refractivity contribution in [3.05, 3.63) is 50.8 Å². The van der Waals surface area contributed by atoms with Gasteiger partial charge in [-0.2, -0.15) is 5.10 Å². The summed E-state index contributed by atoms with van der Waals surface area (Å²) in [6.07, 6.45) is 2.61. The van der Waals surface area contributed by atoms with Crippen molar-refractivity contribution in [3.63, 3.8) is 0 Å². The second kappa shape index (κ2) is 6.58. The van der Waals surface area contributed by atoms with Gasteiger partial charge in [0.25, 0.3) is 5.69 Å². The molecule has 0 fully saturated rings. The zero-order valence-corrected chi connectivity index (χ0v) is 12.7. The maximum absolute atomic E-state index is 11.2. The second-order valence-electron chi connectivity index (χ2n) is 4.76. The van der Waals surface area contributed by atoms with Gasteiger partial charge < -0.3 is 5.32 Å². The molecule has 0 atom stereocenters. The van der Waals surface area contributed by atoms with Crippen molar-refractivity contribution in [3.8, 4) is 0 Å². The van der Waals surface area contributed by atoms with Crippen LogP contribution >= 0.6 is 11.6 Å². The molecule has 7 heteroatoms. The van der Waals surface area contributed by atoms with Gasteiger partial charge in [-0.05, 0) is 13.3 Å². The Morgan fingerprint density at radius 2 is 2.24 bits per heavy atom. The van der Waals surface area contributed by atoms with Gasteiger partial charge in [0.05, 0.1) is 22.2 Å². The van der Waals surface area contributed by atoms with E-state index in [1.54, 1.807) is 16.9 Å². The number of benzene rings is 1. The van der Waals surface area contributed by atoms with Crippen LogP contribution in [0.25, 0.3) is 0 Å². The van der Waals surface area contributed by atoms with E-state index < -0.39 is 0 Å². The Labute approximate surface area is 127 Å². The molecule has 0 bridgehead atoms. The van der Waals surface area contributed by atoms with Crippen LogP contribution in [0.2, 0.25) is 5.02 Å². The third kappa shape index (κ3) is 3.52. The summed E-state index contributed by atoms with van der Waals surface area (Å²) in [5, 5.41) is 19.2. The van der Waals surface area contributed by atoms with Gasteiger partial charge in [-0.3, -0.25) is 14.8 Å². The van der Waals surface area contributed by atoms with Crippen molar-refractivity contribution in [1.29, 1.82) is 0 Å². The first-order valence-corrected chi connectivity index (χ1v) is 7.10. The lowest BCUT2D eigenvalue weighted by atomic mass is 10.1. The topological polar surface area (TPSA) is 73.0 Å². The number of rotatable bonds is 6. The summed E-state index contributed by atoms with van der Waals surface area (Å²) in [4.78, 5) is 10.8. The number of nitro groups is 1. The predicted octanol–water partition coefficient (Wildman–Crippen LogP) is 3.62. The number of aryl methyl sites for hydroxylation is 1. The molecule has 0 aliphatic carbocycles. The van der Waals surface area contributed by atoms with Gasteiger partial charge in [0, 0.05) is 24.4 Å². The summed E-state index contributed by atoms with van der Waals surface area (Å²) >= 11 is 5.99. The van der Waals surface area contributed by atoms with Crippen molar-refractivity contribution >= 4 is 23.0 Å². The van der Waals surface area contributed by atoms with Crippen LogP contribution in [0.4, 0.5) is 11.4 Å². The molecule has 1 N–H and O–H groups in total. The van der Waals surface area contributed by atoms with E-state index in [-0.39, 0.29) is 10.6 Å². The molecule has 1 aromatic heterocycles. The molecule has 0 saturated heterocycles. The standard InChI is InChI=1S/C14H17ClN4O2/c1-3-7-16-14-11(5-4-6-13(14)19(20)21)8-18-9-12(15)10(2)17-18/h4-6,9,16H,3,7-8H2,1-2H3. The fraction of sp³-hybridized carbons (Fsp3) is 0.357. The summed E-state index contributed by atoms with van der Waals surface area (Å²) in [5.74, 6) is 0. The van der Waals surface area contributed by atoms with Crippen LogP contribution < -0.4 is 5.32 Å². The summed E-state index contributed by atoms with van der Waals surface area (Å²) in [7, 11) is 0. The Hall–Kier alpha value is -2.08. The van der Waals surface area contributed by atoms with Gasteiger partial charge >= 0.3 is 0 Å². The van der Waals surface area contributed by atoms with E-state index in [4.69, 9.17) is 11.6 Å². The SMILES string of the molecule is CCCNc1c(Cn2cc(Cl)c(C)n2)cccc1[N+](=O)[O-]. The highest BCUT2D eigenvalue weighted by Gasteiger charge is 2.17. The molecule has 112 valence electrons. The summed E-state index contributed by atoms with van der Waals surface area (Å²) in [6.45, 7) is 4.94. The number of nitro benzene ring substituents is 1. The average Bonchev–Trinajstić information content (AvgIpc) is 2.75. The average molecular weight is 309 g/mol. The van der Waals surface area contributed by atoms with Gasteiger partial charge in [-0.1, -0.05) is 30.7 Å².